The molecule has 0 saturated carbocycles. The van der Waals surface area contributed by atoms with Gasteiger partial charge in [0.2, 0.25) is 0 Å². The lowest BCUT2D eigenvalue weighted by atomic mass is 10.1. The van der Waals surface area contributed by atoms with Gasteiger partial charge in [0.1, 0.15) is 11.3 Å². The maximum absolute atomic E-state index is 10.1. The molecule has 2 rings (SSSR count). The Bertz CT molecular complexity index is 610. The van der Waals surface area contributed by atoms with Crippen LogP contribution in [-0.2, 0) is 13.0 Å². The van der Waals surface area contributed by atoms with Crippen LogP contribution in [0.3, 0.4) is 0 Å². The van der Waals surface area contributed by atoms with Gasteiger partial charge in [-0.15, -0.1) is 0 Å². The monoisotopic (exact) mass is 276 g/mol. The number of hydrogen-bond donors (Lipinski definition) is 2. The van der Waals surface area contributed by atoms with Crippen molar-refractivity contribution in [2.45, 2.75) is 59.1 Å². The van der Waals surface area contributed by atoms with Crippen molar-refractivity contribution in [1.29, 1.82) is 0 Å². The summed E-state index contributed by atoms with van der Waals surface area (Å²) in [5.41, 5.74) is 7.76. The summed E-state index contributed by atoms with van der Waals surface area (Å²) in [4.78, 5) is 8.91. The first-order valence-corrected chi connectivity index (χ1v) is 7.16. The predicted molar refractivity (Wildman–Crippen MR) is 81.6 cm³/mol. The van der Waals surface area contributed by atoms with Gasteiger partial charge in [-0.05, 0) is 33.3 Å². The van der Waals surface area contributed by atoms with Crippen LogP contribution in [-0.4, -0.2) is 25.2 Å². The summed E-state index contributed by atoms with van der Waals surface area (Å²) in [6, 6.07) is 1.99. The second kappa shape index (κ2) is 5.40. The molecule has 0 amide bonds. The van der Waals surface area contributed by atoms with Crippen LogP contribution in [0.1, 0.15) is 45.1 Å². The van der Waals surface area contributed by atoms with Gasteiger partial charge in [-0.25, -0.2) is 9.97 Å². The van der Waals surface area contributed by atoms with Crippen molar-refractivity contribution in [2.75, 3.05) is 5.73 Å². The summed E-state index contributed by atoms with van der Waals surface area (Å²) in [5.74, 6) is 1.44. The minimum absolute atomic E-state index is 0.465. The smallest absolute Gasteiger partial charge is 0.151 e. The Morgan fingerprint density at radius 2 is 2.05 bits per heavy atom. The van der Waals surface area contributed by atoms with E-state index >= 15 is 0 Å². The zero-order valence-electron chi connectivity index (χ0n) is 12.8. The highest BCUT2D eigenvalue weighted by atomic mass is 16.3. The van der Waals surface area contributed by atoms with E-state index in [-0.39, 0.29) is 0 Å². The third-order valence-electron chi connectivity index (χ3n) is 3.27. The topological polar surface area (TPSA) is 77.0 Å². The molecule has 0 saturated heterocycles. The van der Waals surface area contributed by atoms with Gasteiger partial charge in [0.05, 0.1) is 17.7 Å². The molecule has 20 heavy (non-hydrogen) atoms. The maximum Gasteiger partial charge on any atom is 0.151 e. The minimum Gasteiger partial charge on any atom is -0.389 e. The number of aromatic nitrogens is 3. The molecule has 2 aromatic rings. The zero-order valence-corrected chi connectivity index (χ0v) is 12.8. The van der Waals surface area contributed by atoms with Crippen LogP contribution in [0.25, 0.3) is 11.0 Å². The van der Waals surface area contributed by atoms with E-state index in [2.05, 4.69) is 21.5 Å². The number of nitrogen functional groups attached to an aromatic ring is 1. The number of pyridine rings is 1. The molecule has 0 spiro atoms. The number of imidazole rings is 1. The zero-order chi connectivity index (χ0) is 14.9. The lowest BCUT2D eigenvalue weighted by Gasteiger charge is -2.20. The number of nitrogens with zero attached hydrogens (tertiary/aromatic N) is 3. The molecule has 0 atom stereocenters. The molecule has 0 radical (unpaired) electrons. The van der Waals surface area contributed by atoms with Crippen molar-refractivity contribution < 1.29 is 5.11 Å². The van der Waals surface area contributed by atoms with Gasteiger partial charge < -0.3 is 15.4 Å². The standard InChI is InChI=1S/C15H24N4O/c1-5-6-7-12-18-13-11(8-10(2)17-14(13)16)19(12)9-15(3,4)20/h8,20H,5-7,9H2,1-4H3,(H2,16,17). The molecule has 2 heterocycles. The highest BCUT2D eigenvalue weighted by Gasteiger charge is 2.20. The van der Waals surface area contributed by atoms with Crippen molar-refractivity contribution in [3.05, 3.63) is 17.6 Å². The van der Waals surface area contributed by atoms with Crippen LogP contribution in [0.4, 0.5) is 5.82 Å². The van der Waals surface area contributed by atoms with Crippen LogP contribution in [0.5, 0.6) is 0 Å². The van der Waals surface area contributed by atoms with Crippen LogP contribution in [0.2, 0.25) is 0 Å². The summed E-state index contributed by atoms with van der Waals surface area (Å²) < 4.78 is 2.08. The molecule has 0 aromatic carbocycles. The van der Waals surface area contributed by atoms with Gasteiger partial charge >= 0.3 is 0 Å². The molecule has 0 aliphatic heterocycles. The van der Waals surface area contributed by atoms with Crippen molar-refractivity contribution >= 4 is 16.9 Å². The van der Waals surface area contributed by atoms with E-state index in [4.69, 9.17) is 5.73 Å². The van der Waals surface area contributed by atoms with Gasteiger partial charge in [0.15, 0.2) is 5.82 Å². The molecule has 0 bridgehead atoms. The van der Waals surface area contributed by atoms with Crippen LogP contribution in [0, 0.1) is 6.92 Å². The van der Waals surface area contributed by atoms with Crippen molar-refractivity contribution in [3.8, 4) is 0 Å². The molecule has 2 aromatic heterocycles. The molecule has 3 N–H and O–H groups in total. The number of fused-ring (bicyclic) bond motifs is 1. The quantitative estimate of drug-likeness (QED) is 0.879. The fraction of sp³-hybridized carbons (Fsp3) is 0.600. The molecular weight excluding hydrogens is 252 g/mol. The predicted octanol–water partition coefficient (Wildman–Crippen LogP) is 2.44. The number of hydrogen-bond acceptors (Lipinski definition) is 4. The highest BCUT2D eigenvalue weighted by Crippen LogP contribution is 2.24. The summed E-state index contributed by atoms with van der Waals surface area (Å²) >= 11 is 0. The number of anilines is 1. The minimum atomic E-state index is -0.791. The van der Waals surface area contributed by atoms with Gasteiger partial charge in [0.25, 0.3) is 0 Å². The Morgan fingerprint density at radius 3 is 2.65 bits per heavy atom. The van der Waals surface area contributed by atoms with Gasteiger partial charge in [-0.1, -0.05) is 13.3 Å². The Balaban J connectivity index is 2.58. The van der Waals surface area contributed by atoms with Gasteiger partial charge in [0, 0.05) is 12.1 Å². The summed E-state index contributed by atoms with van der Waals surface area (Å²) in [6.45, 7) is 8.19. The first kappa shape index (κ1) is 14.8. The Morgan fingerprint density at radius 1 is 1.35 bits per heavy atom. The summed E-state index contributed by atoms with van der Waals surface area (Å²) in [7, 11) is 0. The fourth-order valence-electron chi connectivity index (χ4n) is 2.41. The Hall–Kier alpha value is -1.62. The maximum atomic E-state index is 10.1. The largest absolute Gasteiger partial charge is 0.389 e. The molecule has 0 unspecified atom stereocenters. The fourth-order valence-corrected chi connectivity index (χ4v) is 2.41. The van der Waals surface area contributed by atoms with E-state index in [0.29, 0.717) is 12.4 Å². The molecule has 5 heteroatoms. The third-order valence-corrected chi connectivity index (χ3v) is 3.27. The molecular formula is C15H24N4O. The molecule has 0 aliphatic carbocycles. The van der Waals surface area contributed by atoms with Gasteiger partial charge in [-0.3, -0.25) is 0 Å². The van der Waals surface area contributed by atoms with Gasteiger partial charge in [-0.2, -0.15) is 0 Å². The third kappa shape index (κ3) is 3.10. The summed E-state index contributed by atoms with van der Waals surface area (Å²) in [5, 5.41) is 10.1. The lowest BCUT2D eigenvalue weighted by molar-refractivity contribution is 0.0618. The highest BCUT2D eigenvalue weighted by molar-refractivity contribution is 5.85. The Labute approximate surface area is 119 Å². The average Bonchev–Trinajstić information content (AvgIpc) is 2.64. The van der Waals surface area contributed by atoms with Crippen LogP contribution >= 0.6 is 0 Å². The SMILES string of the molecule is CCCCc1nc2c(N)nc(C)cc2n1CC(C)(C)O. The van der Waals surface area contributed by atoms with Crippen molar-refractivity contribution in [2.24, 2.45) is 0 Å². The van der Waals surface area contributed by atoms with E-state index in [1.807, 2.05) is 13.0 Å². The average molecular weight is 276 g/mol. The van der Waals surface area contributed by atoms with E-state index in [9.17, 15) is 5.11 Å². The number of aryl methyl sites for hydroxylation is 2. The van der Waals surface area contributed by atoms with Crippen molar-refractivity contribution in [1.82, 2.24) is 14.5 Å². The molecule has 110 valence electrons. The number of rotatable bonds is 5. The van der Waals surface area contributed by atoms with E-state index in [1.54, 1.807) is 13.8 Å². The first-order chi connectivity index (χ1) is 9.31. The van der Waals surface area contributed by atoms with E-state index in [1.165, 1.54) is 0 Å². The second-order valence-corrected chi connectivity index (χ2v) is 6.05. The van der Waals surface area contributed by atoms with E-state index < -0.39 is 5.60 Å². The normalized spacial score (nSPS) is 12.2. The number of nitrogens with two attached hydrogens (primary N) is 1. The first-order valence-electron chi connectivity index (χ1n) is 7.16. The van der Waals surface area contributed by atoms with E-state index in [0.717, 1.165) is 41.8 Å². The second-order valence-electron chi connectivity index (χ2n) is 6.05. The number of unbranched alkanes of at least 4 members (excludes halogenated alkanes) is 1. The summed E-state index contributed by atoms with van der Waals surface area (Å²) in [6.07, 6.45) is 3.07. The molecule has 0 fully saturated rings. The Kier molecular flexibility index (Phi) is 3.99. The van der Waals surface area contributed by atoms with Crippen LogP contribution < -0.4 is 5.73 Å². The molecule has 0 aliphatic rings. The molecule has 5 nitrogen and oxygen atoms in total. The number of aliphatic hydroxyl groups is 1. The van der Waals surface area contributed by atoms with Crippen LogP contribution in [0.15, 0.2) is 6.07 Å². The van der Waals surface area contributed by atoms with Crippen molar-refractivity contribution in [3.63, 3.8) is 0 Å². The lowest BCUT2D eigenvalue weighted by Crippen LogP contribution is -2.27.